The van der Waals surface area contributed by atoms with Crippen LogP contribution in [0, 0.1) is 23.0 Å². The Bertz CT molecular complexity index is 2880. The van der Waals surface area contributed by atoms with E-state index in [0.29, 0.717) is 55.7 Å². The Morgan fingerprint density at radius 3 is 2.58 bits per heavy atom. The maximum Gasteiger partial charge on any atom is 0.420 e. The number of halogens is 6. The summed E-state index contributed by atoms with van der Waals surface area (Å²) >= 11 is 0.570. The predicted molar refractivity (Wildman–Crippen MR) is 268 cm³/mol. The Balaban J connectivity index is 1.26. The number of nitrogens with two attached hydrogens (primary N) is 1. The molecule has 2 aromatic carbocycles. The van der Waals surface area contributed by atoms with Crippen molar-refractivity contribution in [1.82, 2.24) is 24.8 Å². The molecule has 0 saturated carbocycles. The molecule has 7 heterocycles. The van der Waals surface area contributed by atoms with Gasteiger partial charge >= 0.3 is 18.3 Å². The van der Waals surface area contributed by atoms with E-state index in [9.17, 15) is 10.1 Å². The number of thiophene rings is 1. The van der Waals surface area contributed by atoms with E-state index in [4.69, 9.17) is 34.4 Å². The number of alkyl halides is 4. The molecule has 4 N–H and O–H groups in total. The topological polar surface area (TPSA) is 182 Å². The van der Waals surface area contributed by atoms with E-state index in [-0.39, 0.29) is 47.5 Å². The van der Waals surface area contributed by atoms with E-state index in [0.717, 1.165) is 70.3 Å². The van der Waals surface area contributed by atoms with Gasteiger partial charge in [0, 0.05) is 42.3 Å². The minimum absolute atomic E-state index is 0.112. The van der Waals surface area contributed by atoms with Crippen LogP contribution in [0.2, 0.25) is 0 Å². The Labute approximate surface area is 429 Å². The van der Waals surface area contributed by atoms with E-state index in [1.54, 1.807) is 32.9 Å². The number of anilines is 3. The number of pyridine rings is 1. The van der Waals surface area contributed by atoms with Gasteiger partial charge in [-0.05, 0) is 122 Å². The lowest BCUT2D eigenvalue weighted by Gasteiger charge is -2.31. The van der Waals surface area contributed by atoms with Crippen molar-refractivity contribution >= 4 is 55.1 Å². The molecule has 5 aromatic rings. The molecule has 9 rings (SSSR count). The van der Waals surface area contributed by atoms with Crippen LogP contribution in [0.5, 0.6) is 11.8 Å². The minimum Gasteiger partial charge on any atom is -0.490 e. The molecule has 4 aliphatic heterocycles. The van der Waals surface area contributed by atoms with Gasteiger partial charge < -0.3 is 39.6 Å². The van der Waals surface area contributed by atoms with Crippen LogP contribution in [0.1, 0.15) is 114 Å². The summed E-state index contributed by atoms with van der Waals surface area (Å²) in [5.41, 5.74) is 0.876. The lowest BCUT2D eigenvalue weighted by Crippen LogP contribution is -2.43. The molecule has 1 unspecified atom stereocenters. The van der Waals surface area contributed by atoms with Crippen LogP contribution in [-0.2, 0) is 20.4 Å². The Morgan fingerprint density at radius 2 is 1.85 bits per heavy atom. The maximum atomic E-state index is 18.4. The number of ether oxygens (including phenoxy) is 5. The third-order valence-corrected chi connectivity index (χ3v) is 15.2. The molecule has 4 atom stereocenters. The number of rotatable bonds is 17. The number of hydrogen-bond acceptors (Lipinski definition) is 15. The first-order chi connectivity index (χ1) is 35.4. The number of carbonyl (C=O) groups is 1. The number of hydrogen-bond donors (Lipinski definition) is 3. The number of carbonyl (C=O) groups excluding carboxylic acids is 1. The summed E-state index contributed by atoms with van der Waals surface area (Å²) in [6.45, 7) is 7.77. The van der Waals surface area contributed by atoms with Crippen LogP contribution in [0.3, 0.4) is 0 Å². The van der Waals surface area contributed by atoms with Crippen LogP contribution in [-0.4, -0.2) is 114 Å². The largest absolute Gasteiger partial charge is 0.490 e. The van der Waals surface area contributed by atoms with Crippen molar-refractivity contribution in [2.24, 2.45) is 0 Å². The minimum atomic E-state index is -5.42. The molecule has 0 spiro atoms. The molecule has 398 valence electrons. The van der Waals surface area contributed by atoms with Gasteiger partial charge in [-0.3, -0.25) is 10.2 Å². The quantitative estimate of drug-likeness (QED) is 0.0591. The number of nitrogens with one attached hydrogen (secondary N) is 2. The van der Waals surface area contributed by atoms with Crippen LogP contribution < -0.4 is 25.8 Å². The zero-order chi connectivity index (χ0) is 52.4. The van der Waals surface area contributed by atoms with E-state index < -0.39 is 110 Å². The highest BCUT2D eigenvalue weighted by Gasteiger charge is 2.50. The van der Waals surface area contributed by atoms with E-state index in [1.807, 2.05) is 11.0 Å². The van der Waals surface area contributed by atoms with E-state index in [1.165, 1.54) is 6.20 Å². The number of fused-ring (bicyclic) bond motifs is 3. The van der Waals surface area contributed by atoms with Crippen LogP contribution >= 0.6 is 11.3 Å². The fourth-order valence-corrected chi connectivity index (χ4v) is 11.9. The molecule has 22 heteroatoms. The standard InChI is InChI=1S/C52H61F6N9O6S/c1-50(2,3)73-49(68)65-47-33(27-59)37-32(15-16-34(54)44(37)74-47)38-40(52(56,57)58)43(71-25-24-70-36-14-5-8-23-69-36)39-42(41(38)55)63-48(72-29-51-17-11-22-67(51)28-30(53)26-51)64-46(39)62-35(31-12-9-18-61-45(31)60)13-10-21-66-19-6-4-7-20-66/h9,12,15-16,18,30,35-36H,4-8,10-11,13-14,17,19-26,28-29H2,1-3H3,(H2,60,61)(H,65,68)(H,62,63,64)/t30-,35-,36?,51+/m1/s1. The van der Waals surface area contributed by atoms with Crippen LogP contribution in [0.15, 0.2) is 30.5 Å². The number of benzene rings is 2. The smallest absolute Gasteiger partial charge is 0.420 e. The molecule has 4 aliphatic rings. The van der Waals surface area contributed by atoms with E-state index >= 15 is 26.3 Å². The zero-order valence-electron chi connectivity index (χ0n) is 41.6. The monoisotopic (exact) mass is 1050 g/mol. The number of nitrogen functional groups attached to an aromatic ring is 1. The van der Waals surface area contributed by atoms with Gasteiger partial charge in [0.05, 0.1) is 33.8 Å². The van der Waals surface area contributed by atoms with Gasteiger partial charge in [-0.1, -0.05) is 18.6 Å². The average Bonchev–Trinajstić information content (AvgIpc) is 4.02. The molecule has 4 fully saturated rings. The van der Waals surface area contributed by atoms with Crippen molar-refractivity contribution in [2.45, 2.75) is 127 Å². The number of piperidine rings is 1. The SMILES string of the molecule is CC(C)(C)OC(=O)Nc1sc2c(F)ccc(-c3c(C(F)(F)F)c(OCCOC4CCCCO4)c4c(N[C@H](CCCN5CCCCC5)c5cccnc5N)nc(OC[C@@]56CCCN5C[C@H](F)C6)nc4c3F)c2c1C#N. The number of nitrogens with zero attached hydrogens (tertiary/aromatic N) is 6. The molecular weight excluding hydrogens is 993 g/mol. The average molecular weight is 1050 g/mol. The summed E-state index contributed by atoms with van der Waals surface area (Å²) < 4.78 is 128. The second-order valence-corrected chi connectivity index (χ2v) is 21.4. The van der Waals surface area contributed by atoms with Crippen molar-refractivity contribution in [2.75, 3.05) is 75.5 Å². The molecule has 3 aromatic heterocycles. The van der Waals surface area contributed by atoms with Gasteiger partial charge in [-0.15, -0.1) is 11.3 Å². The predicted octanol–water partition coefficient (Wildman–Crippen LogP) is 11.3. The summed E-state index contributed by atoms with van der Waals surface area (Å²) in [6, 6.07) is 5.92. The molecule has 1 amide bonds. The second-order valence-electron chi connectivity index (χ2n) is 20.4. The van der Waals surface area contributed by atoms with Crippen LogP contribution in [0.4, 0.5) is 47.8 Å². The van der Waals surface area contributed by atoms with Gasteiger partial charge in [0.1, 0.15) is 70.3 Å². The lowest BCUT2D eigenvalue weighted by molar-refractivity contribution is -0.166. The van der Waals surface area contributed by atoms with Crippen molar-refractivity contribution in [3.63, 3.8) is 0 Å². The zero-order valence-corrected chi connectivity index (χ0v) is 42.5. The van der Waals surface area contributed by atoms with Gasteiger partial charge in [-0.25, -0.2) is 22.9 Å². The highest BCUT2D eigenvalue weighted by molar-refractivity contribution is 7.23. The molecule has 0 radical (unpaired) electrons. The normalized spacial score (nSPS) is 21.1. The fraction of sp³-hybridized carbons (Fsp3) is 0.558. The van der Waals surface area contributed by atoms with Crippen molar-refractivity contribution < 1.29 is 54.8 Å². The summed E-state index contributed by atoms with van der Waals surface area (Å²) in [4.78, 5) is 30.9. The van der Waals surface area contributed by atoms with Gasteiger partial charge in [-0.2, -0.15) is 28.4 Å². The van der Waals surface area contributed by atoms with Gasteiger partial charge in [0.2, 0.25) is 0 Å². The first-order valence-corrected chi connectivity index (χ1v) is 26.1. The maximum absolute atomic E-state index is 18.4. The summed E-state index contributed by atoms with van der Waals surface area (Å²) in [5, 5.41) is 15.2. The molecule has 15 nitrogen and oxygen atoms in total. The summed E-state index contributed by atoms with van der Waals surface area (Å²) in [6.07, 6.45) is 1.30. The van der Waals surface area contributed by atoms with E-state index in [2.05, 4.69) is 25.5 Å². The molecule has 4 saturated heterocycles. The van der Waals surface area contributed by atoms with Crippen molar-refractivity contribution in [3.05, 3.63) is 58.8 Å². The molecular formula is C52H61F6N9O6S. The Kier molecular flexibility index (Phi) is 16.0. The third-order valence-electron chi connectivity index (χ3n) is 14.1. The van der Waals surface area contributed by atoms with Gasteiger partial charge in [0.25, 0.3) is 0 Å². The molecule has 0 bridgehead atoms. The number of nitriles is 1. The number of aromatic nitrogens is 3. The summed E-state index contributed by atoms with van der Waals surface area (Å²) in [7, 11) is 0. The number of amides is 1. The van der Waals surface area contributed by atoms with Crippen molar-refractivity contribution in [3.8, 4) is 29.0 Å². The highest BCUT2D eigenvalue weighted by atomic mass is 32.1. The Hall–Kier alpha value is -5.73. The first kappa shape index (κ1) is 53.1. The number of likely N-dealkylation sites (tertiary alicyclic amines) is 1. The lowest BCUT2D eigenvalue weighted by atomic mass is 9.91. The molecule has 74 heavy (non-hydrogen) atoms. The van der Waals surface area contributed by atoms with Crippen molar-refractivity contribution in [1.29, 1.82) is 5.26 Å². The Morgan fingerprint density at radius 1 is 1.04 bits per heavy atom. The van der Waals surface area contributed by atoms with Crippen LogP contribution in [0.25, 0.3) is 32.1 Å². The summed E-state index contributed by atoms with van der Waals surface area (Å²) in [5.74, 6) is -3.53. The second kappa shape index (κ2) is 22.2. The first-order valence-electron chi connectivity index (χ1n) is 25.3. The van der Waals surface area contributed by atoms with Gasteiger partial charge in [0.15, 0.2) is 12.1 Å². The third kappa shape index (κ3) is 11.6. The highest BCUT2D eigenvalue weighted by Crippen LogP contribution is 2.53. The fourth-order valence-electron chi connectivity index (χ4n) is 10.8. The molecule has 0 aliphatic carbocycles.